The molecule has 0 unspecified atom stereocenters. The molecule has 8 aliphatic rings. The molecule has 3 aliphatic heterocycles. The van der Waals surface area contributed by atoms with Gasteiger partial charge in [-0.25, -0.2) is 9.59 Å². The number of aliphatic hydroxyl groups excluding tert-OH is 12. The average Bonchev–Trinajstić information content (AvgIpc) is 3.29. The van der Waals surface area contributed by atoms with E-state index in [9.17, 15) is 80.8 Å². The molecule has 450 valence electrons. The maximum Gasteiger partial charge on any atom is 0.335 e. The summed E-state index contributed by atoms with van der Waals surface area (Å²) in [5.74, 6) is -3.88. The lowest BCUT2D eigenvalue weighted by Gasteiger charge is -2.72. The number of allylic oxidation sites excluding steroid dienone is 3. The second kappa shape index (κ2) is 22.6. The van der Waals surface area contributed by atoms with Crippen molar-refractivity contribution in [3.05, 3.63) is 23.3 Å². The Labute approximate surface area is 459 Å². The summed E-state index contributed by atoms with van der Waals surface area (Å²) in [6.07, 6.45) is -26.5. The molecule has 7 fully saturated rings. The van der Waals surface area contributed by atoms with E-state index in [1.54, 1.807) is 19.9 Å². The van der Waals surface area contributed by atoms with Crippen molar-refractivity contribution < 1.29 is 119 Å². The van der Waals surface area contributed by atoms with Crippen LogP contribution in [0.25, 0.3) is 0 Å². The second-order valence-corrected chi connectivity index (χ2v) is 25.5. The van der Waals surface area contributed by atoms with E-state index in [0.717, 1.165) is 5.57 Å². The van der Waals surface area contributed by atoms with Gasteiger partial charge in [0, 0.05) is 23.3 Å². The van der Waals surface area contributed by atoms with Crippen molar-refractivity contribution in [3.63, 3.8) is 0 Å². The minimum Gasteiger partial charge on any atom is -0.479 e. The first kappa shape index (κ1) is 62.2. The van der Waals surface area contributed by atoms with Crippen molar-refractivity contribution in [2.45, 2.75) is 224 Å². The van der Waals surface area contributed by atoms with Crippen LogP contribution < -0.4 is 0 Å². The number of ether oxygens (including phenoxy) is 8. The smallest absolute Gasteiger partial charge is 0.335 e. The van der Waals surface area contributed by atoms with Gasteiger partial charge < -0.3 is 104 Å². The summed E-state index contributed by atoms with van der Waals surface area (Å²) in [6.45, 7) is 14.1. The van der Waals surface area contributed by atoms with Crippen LogP contribution in [0.15, 0.2) is 23.3 Å². The molecule has 24 heteroatoms. The number of hydrogen-bond donors (Lipinski definition) is 13. The molecular formula is C55H86O24. The zero-order valence-corrected chi connectivity index (χ0v) is 46.4. The van der Waals surface area contributed by atoms with Crippen molar-refractivity contribution in [2.75, 3.05) is 26.4 Å². The SMILES string of the molecule is CC=C(C)C(=O)O[C@H]1[C@H](OC(C)=O)[C@]2(CO)[C@H](O)C[C@]3(C)C(=CC[C@@H]4[C@@]5(C)CC[C@@H](O[C@@H]6O[C@H](C(=O)O)[C@@H](O[C@@H]7O[C@H](CO)[C@@H](O)[C@H](O)[C@H]7O)[C@H](O)[C@H]6O[C@@H]6O[C@H](CO)[C@@H](O)[C@H](O)[C@H]6O)[C@](C)(CO)[C@@H]5CC[C@]43C)[C@@H]2CC1(C)C. The molecule has 24 nitrogen and oxygen atoms in total. The lowest BCUT2D eigenvalue weighted by atomic mass is 9.33. The van der Waals surface area contributed by atoms with Crippen LogP contribution in [0, 0.1) is 50.2 Å². The quantitative estimate of drug-likeness (QED) is 0.0415. The molecule has 79 heavy (non-hydrogen) atoms. The normalized spacial score (nSPS) is 50.6. The molecule has 0 amide bonds. The first-order valence-electron chi connectivity index (χ1n) is 27.7. The van der Waals surface area contributed by atoms with Gasteiger partial charge >= 0.3 is 17.9 Å². The van der Waals surface area contributed by atoms with Gasteiger partial charge in [-0.05, 0) is 92.8 Å². The molecular weight excluding hydrogens is 1040 g/mol. The van der Waals surface area contributed by atoms with E-state index in [4.69, 9.17) is 37.9 Å². The number of esters is 2. The lowest BCUT2D eigenvalue weighted by Crippen LogP contribution is -2.72. The van der Waals surface area contributed by atoms with Gasteiger partial charge in [0.15, 0.2) is 25.0 Å². The summed E-state index contributed by atoms with van der Waals surface area (Å²) >= 11 is 0. The van der Waals surface area contributed by atoms with Crippen molar-refractivity contribution in [1.82, 2.24) is 0 Å². The minimum absolute atomic E-state index is 0.0849. The zero-order valence-electron chi connectivity index (χ0n) is 46.4. The van der Waals surface area contributed by atoms with Crippen molar-refractivity contribution >= 4 is 17.9 Å². The predicted molar refractivity (Wildman–Crippen MR) is 269 cm³/mol. The van der Waals surface area contributed by atoms with Gasteiger partial charge in [-0.2, -0.15) is 0 Å². The van der Waals surface area contributed by atoms with E-state index in [0.29, 0.717) is 37.7 Å². The third kappa shape index (κ3) is 9.94. The van der Waals surface area contributed by atoms with Crippen LogP contribution in [0.3, 0.4) is 0 Å². The van der Waals surface area contributed by atoms with Crippen molar-refractivity contribution in [3.8, 4) is 0 Å². The minimum atomic E-state index is -2.18. The van der Waals surface area contributed by atoms with Gasteiger partial charge in [-0.3, -0.25) is 4.79 Å². The maximum atomic E-state index is 13.4. The van der Waals surface area contributed by atoms with Gasteiger partial charge in [0.1, 0.15) is 79.4 Å². The standard InChI is InChI=1S/C55H86O24/c1-10-23(2)46(71)79-43-44(72-24(3)60)55(22-59)26(17-50(43,4)5)25-11-12-30-51(6)15-14-32(52(7,21-58)29(51)13-16-53(30,8)54(25,9)18-31(55)61)75-49-41(77-48-38(67)36(65)34(63)28(20-57)74-48)39(68)40(42(78-49)45(69)70)76-47-37(66)35(64)33(62)27(19-56)73-47/h10-11,26-44,47-49,56-59,61-68H,12-22H2,1-9H3,(H,69,70)/t26-,27+,28+,29+,30+,31+,32+,33+,34+,35-,36-,37+,38+,39-,40-,41+,42-,43-,44-,47-,48-,49+,51-,52+,53+,54+,55-/m0/s1. The molecule has 3 saturated heterocycles. The first-order valence-corrected chi connectivity index (χ1v) is 27.7. The number of fused-ring (bicyclic) bond motifs is 7. The summed E-state index contributed by atoms with van der Waals surface area (Å²) in [5, 5.41) is 143. The van der Waals surface area contributed by atoms with Gasteiger partial charge in [0.05, 0.1) is 44.1 Å². The van der Waals surface area contributed by atoms with E-state index in [-0.39, 0.29) is 24.7 Å². The Morgan fingerprint density at radius 2 is 1.24 bits per heavy atom. The zero-order chi connectivity index (χ0) is 58.4. The Bertz CT molecular complexity index is 2290. The fourth-order valence-electron chi connectivity index (χ4n) is 16.2. The molecule has 4 saturated carbocycles. The topological polar surface area (TPSA) is 388 Å². The number of carbonyl (C=O) groups excluding carboxylic acids is 2. The largest absolute Gasteiger partial charge is 0.479 e. The number of rotatable bonds is 14. The van der Waals surface area contributed by atoms with Gasteiger partial charge in [0.2, 0.25) is 0 Å². The van der Waals surface area contributed by atoms with Gasteiger partial charge in [-0.15, -0.1) is 0 Å². The van der Waals surface area contributed by atoms with E-state index in [1.807, 2.05) is 20.8 Å². The second-order valence-electron chi connectivity index (χ2n) is 25.5. The average molecular weight is 1130 g/mol. The number of aliphatic carboxylic acids is 1. The number of aliphatic hydroxyl groups is 12. The molecule has 27 atom stereocenters. The molecule has 0 aromatic rings. The van der Waals surface area contributed by atoms with Crippen LogP contribution in [0.5, 0.6) is 0 Å². The van der Waals surface area contributed by atoms with E-state index in [1.165, 1.54) is 6.92 Å². The number of carbonyl (C=O) groups is 3. The molecule has 8 rings (SSSR count). The molecule has 0 radical (unpaired) electrons. The summed E-state index contributed by atoms with van der Waals surface area (Å²) in [7, 11) is 0. The Balaban J connectivity index is 1.12. The highest BCUT2D eigenvalue weighted by molar-refractivity contribution is 5.87. The monoisotopic (exact) mass is 1130 g/mol. The Morgan fingerprint density at radius 3 is 1.76 bits per heavy atom. The first-order chi connectivity index (χ1) is 36.9. The number of carboxylic acid groups (broad SMARTS) is 1. The van der Waals surface area contributed by atoms with Crippen LogP contribution >= 0.6 is 0 Å². The van der Waals surface area contributed by atoms with E-state index < -0.39 is 199 Å². The maximum absolute atomic E-state index is 13.4. The third-order valence-electron chi connectivity index (χ3n) is 21.1. The molecule has 0 aromatic carbocycles. The third-order valence-corrected chi connectivity index (χ3v) is 21.1. The highest BCUT2D eigenvalue weighted by Crippen LogP contribution is 2.76. The number of hydrogen-bond acceptors (Lipinski definition) is 23. The highest BCUT2D eigenvalue weighted by Gasteiger charge is 2.74. The fraction of sp³-hybridized carbons (Fsp3) is 0.873. The lowest BCUT2D eigenvalue weighted by molar-refractivity contribution is -0.392. The van der Waals surface area contributed by atoms with Crippen LogP contribution in [0.2, 0.25) is 0 Å². The van der Waals surface area contributed by atoms with Crippen molar-refractivity contribution in [1.29, 1.82) is 0 Å². The number of carboxylic acids is 1. The Morgan fingerprint density at radius 1 is 0.658 bits per heavy atom. The predicted octanol–water partition coefficient (Wildman–Crippen LogP) is -1.32. The van der Waals surface area contributed by atoms with E-state index in [2.05, 4.69) is 26.8 Å². The van der Waals surface area contributed by atoms with Crippen LogP contribution in [0.1, 0.15) is 107 Å². The summed E-state index contributed by atoms with van der Waals surface area (Å²) in [5.41, 5.74) is -3.78. The van der Waals surface area contributed by atoms with Crippen LogP contribution in [-0.4, -0.2) is 227 Å². The van der Waals surface area contributed by atoms with Crippen LogP contribution in [0.4, 0.5) is 0 Å². The molecule has 0 bridgehead atoms. The van der Waals surface area contributed by atoms with Gasteiger partial charge in [0.25, 0.3) is 0 Å². The molecule has 0 spiro atoms. The highest BCUT2D eigenvalue weighted by atomic mass is 16.8. The van der Waals surface area contributed by atoms with E-state index >= 15 is 0 Å². The molecule has 5 aliphatic carbocycles. The summed E-state index contributed by atoms with van der Waals surface area (Å²) in [6, 6.07) is 0. The van der Waals surface area contributed by atoms with Crippen LogP contribution in [-0.2, 0) is 52.3 Å². The summed E-state index contributed by atoms with van der Waals surface area (Å²) < 4.78 is 48.2. The Hall–Kier alpha value is -2.83. The Kier molecular flexibility index (Phi) is 17.8. The molecule has 0 aromatic heterocycles. The fourth-order valence-corrected chi connectivity index (χ4v) is 16.2. The summed E-state index contributed by atoms with van der Waals surface area (Å²) in [4.78, 5) is 39.5. The van der Waals surface area contributed by atoms with Gasteiger partial charge in [-0.1, -0.05) is 59.3 Å². The molecule has 3 heterocycles. The molecule has 13 N–H and O–H groups in total. The van der Waals surface area contributed by atoms with Crippen molar-refractivity contribution in [2.24, 2.45) is 50.2 Å².